The maximum absolute atomic E-state index is 12.1. The van der Waals surface area contributed by atoms with E-state index in [9.17, 15) is 4.79 Å². The molecular weight excluding hydrogens is 328 g/mol. The van der Waals surface area contributed by atoms with E-state index in [2.05, 4.69) is 47.4 Å². The standard InChI is InChI=1S/C21H28N2OS/c1-3-4-17-5-6-19-7-8-21(14-20(19)13-17)23(16(2)24)22-11-9-18-10-12-25-15-18/h7-8,10,12,14-15,17,22H,3-6,9,11,13H2,1-2H3. The third-order valence-electron chi connectivity index (χ3n) is 5.05. The number of hydrogen-bond donors (Lipinski definition) is 1. The molecule has 1 aromatic carbocycles. The lowest BCUT2D eigenvalue weighted by Gasteiger charge is -2.27. The second-order valence-corrected chi connectivity index (χ2v) is 7.77. The molecule has 1 unspecified atom stereocenters. The van der Waals surface area contributed by atoms with Gasteiger partial charge in [-0.15, -0.1) is 0 Å². The van der Waals surface area contributed by atoms with Crippen LogP contribution in [0.5, 0.6) is 0 Å². The molecule has 1 amide bonds. The molecule has 1 heterocycles. The Balaban J connectivity index is 1.69. The van der Waals surface area contributed by atoms with Crippen LogP contribution in [-0.4, -0.2) is 12.5 Å². The van der Waals surface area contributed by atoms with Gasteiger partial charge in [0.15, 0.2) is 0 Å². The van der Waals surface area contributed by atoms with Crippen molar-refractivity contribution in [3.63, 3.8) is 0 Å². The number of hydrogen-bond acceptors (Lipinski definition) is 3. The fourth-order valence-electron chi connectivity index (χ4n) is 3.74. The summed E-state index contributed by atoms with van der Waals surface area (Å²) >= 11 is 1.71. The van der Waals surface area contributed by atoms with Gasteiger partial charge in [-0.3, -0.25) is 4.79 Å². The van der Waals surface area contributed by atoms with E-state index >= 15 is 0 Å². The number of thiophene rings is 1. The van der Waals surface area contributed by atoms with Crippen LogP contribution in [0.4, 0.5) is 5.69 Å². The lowest BCUT2D eigenvalue weighted by molar-refractivity contribution is -0.117. The van der Waals surface area contributed by atoms with Crippen molar-refractivity contribution in [2.75, 3.05) is 11.6 Å². The van der Waals surface area contributed by atoms with Crippen molar-refractivity contribution in [2.24, 2.45) is 5.92 Å². The normalized spacial score (nSPS) is 16.5. The molecule has 1 atom stereocenters. The van der Waals surface area contributed by atoms with Crippen molar-refractivity contribution in [1.82, 2.24) is 5.43 Å². The van der Waals surface area contributed by atoms with Gasteiger partial charge < -0.3 is 0 Å². The summed E-state index contributed by atoms with van der Waals surface area (Å²) in [4.78, 5) is 12.1. The number of aryl methyl sites for hydroxylation is 1. The number of rotatable bonds is 7. The molecule has 0 saturated carbocycles. The highest BCUT2D eigenvalue weighted by Gasteiger charge is 2.20. The van der Waals surface area contributed by atoms with Crippen LogP contribution in [0.15, 0.2) is 35.0 Å². The summed E-state index contributed by atoms with van der Waals surface area (Å²) in [5.74, 6) is 0.830. The number of anilines is 1. The summed E-state index contributed by atoms with van der Waals surface area (Å²) in [7, 11) is 0. The van der Waals surface area contributed by atoms with Gasteiger partial charge in [0, 0.05) is 13.5 Å². The topological polar surface area (TPSA) is 32.3 Å². The van der Waals surface area contributed by atoms with E-state index < -0.39 is 0 Å². The SMILES string of the molecule is CCCC1CCc2ccc(N(NCCc3ccsc3)C(C)=O)cc2C1. The van der Waals surface area contributed by atoms with Crippen molar-refractivity contribution in [1.29, 1.82) is 0 Å². The average Bonchev–Trinajstić information content (AvgIpc) is 3.11. The third-order valence-corrected chi connectivity index (χ3v) is 5.79. The maximum Gasteiger partial charge on any atom is 0.238 e. The van der Waals surface area contributed by atoms with Gasteiger partial charge in [-0.25, -0.2) is 10.4 Å². The molecule has 4 heteroatoms. The van der Waals surface area contributed by atoms with Gasteiger partial charge in [-0.1, -0.05) is 25.8 Å². The highest BCUT2D eigenvalue weighted by Crippen LogP contribution is 2.31. The van der Waals surface area contributed by atoms with Crippen LogP contribution in [-0.2, 0) is 24.1 Å². The molecule has 0 aliphatic heterocycles. The minimum absolute atomic E-state index is 0.0335. The zero-order valence-electron chi connectivity index (χ0n) is 15.3. The predicted octanol–water partition coefficient (Wildman–Crippen LogP) is 4.75. The first-order chi connectivity index (χ1) is 12.2. The number of carbonyl (C=O) groups excluding carboxylic acids is 1. The van der Waals surface area contributed by atoms with Crippen molar-refractivity contribution in [3.05, 3.63) is 51.7 Å². The summed E-state index contributed by atoms with van der Waals surface area (Å²) < 4.78 is 0. The summed E-state index contributed by atoms with van der Waals surface area (Å²) in [6.07, 6.45) is 7.11. The van der Waals surface area contributed by atoms with Gasteiger partial charge in [-0.2, -0.15) is 11.3 Å². The molecule has 0 bridgehead atoms. The second kappa shape index (κ2) is 8.63. The van der Waals surface area contributed by atoms with Gasteiger partial charge in [0.25, 0.3) is 0 Å². The van der Waals surface area contributed by atoms with Gasteiger partial charge in [-0.05, 0) is 77.3 Å². The van der Waals surface area contributed by atoms with E-state index in [0.29, 0.717) is 0 Å². The van der Waals surface area contributed by atoms with Crippen LogP contribution in [0, 0.1) is 5.92 Å². The van der Waals surface area contributed by atoms with Crippen LogP contribution in [0.25, 0.3) is 0 Å². The van der Waals surface area contributed by atoms with E-state index in [1.165, 1.54) is 42.4 Å². The number of benzene rings is 1. The maximum atomic E-state index is 12.1. The monoisotopic (exact) mass is 356 g/mol. The molecule has 0 radical (unpaired) electrons. The average molecular weight is 357 g/mol. The first-order valence-electron chi connectivity index (χ1n) is 9.34. The molecule has 0 saturated heterocycles. The van der Waals surface area contributed by atoms with Crippen molar-refractivity contribution in [3.8, 4) is 0 Å². The van der Waals surface area contributed by atoms with Gasteiger partial charge >= 0.3 is 0 Å². The number of fused-ring (bicyclic) bond motifs is 1. The molecule has 1 aromatic heterocycles. The molecule has 25 heavy (non-hydrogen) atoms. The van der Waals surface area contributed by atoms with Crippen molar-refractivity contribution in [2.45, 2.75) is 52.4 Å². The smallest absolute Gasteiger partial charge is 0.238 e. The number of carbonyl (C=O) groups is 1. The molecule has 1 aliphatic carbocycles. The molecule has 0 fully saturated rings. The zero-order chi connectivity index (χ0) is 17.6. The van der Waals surface area contributed by atoms with Gasteiger partial charge in [0.1, 0.15) is 0 Å². The Hall–Kier alpha value is -1.65. The van der Waals surface area contributed by atoms with E-state index in [4.69, 9.17) is 0 Å². The Morgan fingerprint density at radius 3 is 2.92 bits per heavy atom. The quantitative estimate of drug-likeness (QED) is 0.726. The van der Waals surface area contributed by atoms with Crippen LogP contribution in [0.1, 0.15) is 49.8 Å². The molecule has 3 nitrogen and oxygen atoms in total. The first kappa shape index (κ1) is 18.2. The lowest BCUT2D eigenvalue weighted by atomic mass is 9.81. The fourth-order valence-corrected chi connectivity index (χ4v) is 4.45. The summed E-state index contributed by atoms with van der Waals surface area (Å²) in [5, 5.41) is 5.96. The summed E-state index contributed by atoms with van der Waals surface area (Å²) in [6, 6.07) is 8.65. The Labute approximate surface area is 155 Å². The highest BCUT2D eigenvalue weighted by atomic mass is 32.1. The number of hydrazine groups is 1. The van der Waals surface area contributed by atoms with E-state index in [0.717, 1.165) is 31.0 Å². The molecule has 1 N–H and O–H groups in total. The van der Waals surface area contributed by atoms with E-state index in [1.807, 2.05) is 0 Å². The van der Waals surface area contributed by atoms with Crippen LogP contribution < -0.4 is 10.4 Å². The molecule has 3 rings (SSSR count). The number of amides is 1. The molecular formula is C21H28N2OS. The van der Waals surface area contributed by atoms with E-state index in [-0.39, 0.29) is 5.91 Å². The zero-order valence-corrected chi connectivity index (χ0v) is 16.1. The minimum atomic E-state index is 0.0335. The first-order valence-corrected chi connectivity index (χ1v) is 10.3. The van der Waals surface area contributed by atoms with Gasteiger partial charge in [0.2, 0.25) is 5.91 Å². The van der Waals surface area contributed by atoms with Crippen LogP contribution in [0.3, 0.4) is 0 Å². The van der Waals surface area contributed by atoms with E-state index in [1.54, 1.807) is 23.3 Å². The Bertz CT molecular complexity index is 696. The van der Waals surface area contributed by atoms with Gasteiger partial charge in [0.05, 0.1) is 5.69 Å². The minimum Gasteiger partial charge on any atom is -0.273 e. The predicted molar refractivity (Wildman–Crippen MR) is 106 cm³/mol. The summed E-state index contributed by atoms with van der Waals surface area (Å²) in [6.45, 7) is 4.64. The fraction of sp³-hybridized carbons (Fsp3) is 0.476. The van der Waals surface area contributed by atoms with Crippen LogP contribution >= 0.6 is 11.3 Å². The largest absolute Gasteiger partial charge is 0.273 e. The lowest BCUT2D eigenvalue weighted by Crippen LogP contribution is -2.43. The Kier molecular flexibility index (Phi) is 6.27. The highest BCUT2D eigenvalue weighted by molar-refractivity contribution is 7.07. The number of nitrogens with one attached hydrogen (secondary N) is 1. The molecule has 1 aliphatic rings. The van der Waals surface area contributed by atoms with Crippen molar-refractivity contribution < 1.29 is 4.79 Å². The summed E-state index contributed by atoms with van der Waals surface area (Å²) in [5.41, 5.74) is 8.47. The molecule has 134 valence electrons. The third kappa shape index (κ3) is 4.71. The molecule has 0 spiro atoms. The molecule has 2 aromatic rings. The van der Waals surface area contributed by atoms with Crippen molar-refractivity contribution >= 4 is 22.9 Å². The van der Waals surface area contributed by atoms with Crippen LogP contribution in [0.2, 0.25) is 0 Å². The Morgan fingerprint density at radius 1 is 1.32 bits per heavy atom. The second-order valence-electron chi connectivity index (χ2n) is 6.99. The number of nitrogens with zero attached hydrogens (tertiary/aromatic N) is 1. The Morgan fingerprint density at radius 2 is 2.20 bits per heavy atom.